The molecule has 1 amide bonds. The Morgan fingerprint density at radius 1 is 1.05 bits per heavy atom. The number of para-hydroxylation sites is 1. The number of hydrogen-bond donors (Lipinski definition) is 3. The Kier molecular flexibility index (Phi) is 6.92. The fourth-order valence-corrected chi connectivity index (χ4v) is 7.40. The molecule has 7 atom stereocenters. The molecule has 37 heavy (non-hydrogen) atoms. The van der Waals surface area contributed by atoms with Gasteiger partial charge in [0.05, 0.1) is 0 Å². The van der Waals surface area contributed by atoms with Crippen molar-refractivity contribution in [1.29, 1.82) is 0 Å². The number of allylic oxidation sites excluding steroid dienone is 3. The van der Waals surface area contributed by atoms with E-state index in [0.717, 1.165) is 45.1 Å². The second-order valence-corrected chi connectivity index (χ2v) is 11.4. The van der Waals surface area contributed by atoms with Gasteiger partial charge in [0.15, 0.2) is 0 Å². The molecule has 6 rings (SSSR count). The van der Waals surface area contributed by atoms with E-state index in [2.05, 4.69) is 65.0 Å². The van der Waals surface area contributed by atoms with Crippen LogP contribution in [0.5, 0.6) is 0 Å². The molecule has 0 aromatic heterocycles. The standard InChI is InChI=1S/C32H39N3O2/c1-21-11-10-17-25-28(21)34-29(22-12-4-2-5-13-22)26-19-20-35(30(25)26)32(37)24-16-8-9-18-27(24)33-31(36)23-14-6-3-7-15-23/h2-7,10-12,14-15,17,22,24,26-27,29-30,32,34,37H,8-9,13,16,18-20H2,1H3,(H,33,36)/t22?,24-,26+,27+,29-,30-,32?/m0/s1. The van der Waals surface area contributed by atoms with Crippen LogP contribution in [0.15, 0.2) is 72.8 Å². The summed E-state index contributed by atoms with van der Waals surface area (Å²) in [4.78, 5) is 15.4. The van der Waals surface area contributed by atoms with Gasteiger partial charge in [0, 0.05) is 53.7 Å². The Hall–Kier alpha value is -2.89. The molecule has 2 heterocycles. The molecule has 4 aliphatic rings. The van der Waals surface area contributed by atoms with Crippen LogP contribution in [0, 0.1) is 24.7 Å². The number of aliphatic hydroxyl groups is 1. The van der Waals surface area contributed by atoms with Crippen LogP contribution in [0.2, 0.25) is 0 Å². The van der Waals surface area contributed by atoms with E-state index in [0.29, 0.717) is 23.4 Å². The van der Waals surface area contributed by atoms with Crippen LogP contribution in [0.25, 0.3) is 0 Å². The van der Waals surface area contributed by atoms with Gasteiger partial charge in [-0.2, -0.15) is 0 Å². The third-order valence-electron chi connectivity index (χ3n) is 9.25. The third-order valence-corrected chi connectivity index (χ3v) is 9.25. The predicted molar refractivity (Wildman–Crippen MR) is 148 cm³/mol. The molecule has 2 aliphatic heterocycles. The molecule has 5 nitrogen and oxygen atoms in total. The van der Waals surface area contributed by atoms with Gasteiger partial charge in [-0.25, -0.2) is 0 Å². The average Bonchev–Trinajstić information content (AvgIpc) is 3.39. The highest BCUT2D eigenvalue weighted by Crippen LogP contribution is 2.51. The van der Waals surface area contributed by atoms with Gasteiger partial charge in [-0.3, -0.25) is 9.69 Å². The number of aryl methyl sites for hydroxylation is 1. The van der Waals surface area contributed by atoms with Crippen LogP contribution in [-0.4, -0.2) is 40.8 Å². The summed E-state index contributed by atoms with van der Waals surface area (Å²) >= 11 is 0. The zero-order valence-electron chi connectivity index (χ0n) is 21.7. The lowest BCUT2D eigenvalue weighted by atomic mass is 9.75. The molecule has 2 aliphatic carbocycles. The molecule has 5 heteroatoms. The number of carbonyl (C=O) groups excluding carboxylic acids is 1. The molecule has 2 aromatic carbocycles. The predicted octanol–water partition coefficient (Wildman–Crippen LogP) is 5.59. The van der Waals surface area contributed by atoms with Crippen molar-refractivity contribution in [1.82, 2.24) is 10.2 Å². The molecule has 194 valence electrons. The van der Waals surface area contributed by atoms with E-state index in [1.807, 2.05) is 30.3 Å². The van der Waals surface area contributed by atoms with Gasteiger partial charge in [-0.1, -0.05) is 73.5 Å². The lowest BCUT2D eigenvalue weighted by molar-refractivity contribution is -0.0724. The maximum Gasteiger partial charge on any atom is 0.251 e. The minimum Gasteiger partial charge on any atom is -0.381 e. The topological polar surface area (TPSA) is 64.6 Å². The fraction of sp³-hybridized carbons (Fsp3) is 0.469. The summed E-state index contributed by atoms with van der Waals surface area (Å²) in [7, 11) is 0. The van der Waals surface area contributed by atoms with Gasteiger partial charge >= 0.3 is 0 Å². The molecule has 2 unspecified atom stereocenters. The van der Waals surface area contributed by atoms with Gasteiger partial charge in [0.25, 0.3) is 5.91 Å². The molecular weight excluding hydrogens is 458 g/mol. The number of hydrogen-bond acceptors (Lipinski definition) is 4. The van der Waals surface area contributed by atoms with Gasteiger partial charge in [0.1, 0.15) is 6.23 Å². The SMILES string of the molecule is Cc1cccc2c1N[C@@H](C1C=CC=CC1)[C@H]1CCN(C(O)[C@H]3CCCC[C@H]3NC(=O)c3ccccc3)[C@@H]21. The number of benzene rings is 2. The molecule has 0 bridgehead atoms. The van der Waals surface area contributed by atoms with Gasteiger partial charge in [0.2, 0.25) is 0 Å². The molecule has 2 aromatic rings. The first kappa shape index (κ1) is 24.4. The third kappa shape index (κ3) is 4.64. The Morgan fingerprint density at radius 2 is 1.89 bits per heavy atom. The number of fused-ring (bicyclic) bond motifs is 3. The van der Waals surface area contributed by atoms with E-state index in [1.165, 1.54) is 16.8 Å². The zero-order chi connectivity index (χ0) is 25.4. The monoisotopic (exact) mass is 497 g/mol. The van der Waals surface area contributed by atoms with Crippen molar-refractivity contribution >= 4 is 11.6 Å². The van der Waals surface area contributed by atoms with Crippen LogP contribution >= 0.6 is 0 Å². The molecular formula is C32H39N3O2. The van der Waals surface area contributed by atoms with E-state index < -0.39 is 6.23 Å². The number of anilines is 1. The normalized spacial score (nSPS) is 31.7. The Bertz CT molecular complexity index is 1180. The van der Waals surface area contributed by atoms with E-state index in [-0.39, 0.29) is 23.9 Å². The van der Waals surface area contributed by atoms with Crippen molar-refractivity contribution in [2.75, 3.05) is 11.9 Å². The number of amides is 1. The highest BCUT2D eigenvalue weighted by Gasteiger charge is 2.49. The van der Waals surface area contributed by atoms with Gasteiger partial charge < -0.3 is 15.7 Å². The van der Waals surface area contributed by atoms with Crippen molar-refractivity contribution in [3.63, 3.8) is 0 Å². The minimum atomic E-state index is -0.578. The van der Waals surface area contributed by atoms with Crippen LogP contribution in [0.3, 0.4) is 0 Å². The first-order valence-corrected chi connectivity index (χ1v) is 14.1. The number of nitrogens with one attached hydrogen (secondary N) is 2. The van der Waals surface area contributed by atoms with E-state index in [4.69, 9.17) is 0 Å². The number of aliphatic hydroxyl groups excluding tert-OH is 1. The van der Waals surface area contributed by atoms with Crippen molar-refractivity contribution in [2.45, 2.75) is 69.8 Å². The molecule has 1 saturated carbocycles. The molecule has 0 spiro atoms. The van der Waals surface area contributed by atoms with Crippen LogP contribution in [0.1, 0.15) is 66.1 Å². The number of rotatable bonds is 5. The number of nitrogens with zero attached hydrogens (tertiary/aromatic N) is 1. The molecule has 0 radical (unpaired) electrons. The van der Waals surface area contributed by atoms with E-state index >= 15 is 0 Å². The second-order valence-electron chi connectivity index (χ2n) is 11.4. The highest BCUT2D eigenvalue weighted by atomic mass is 16.3. The Balaban J connectivity index is 1.27. The second kappa shape index (κ2) is 10.5. The summed E-state index contributed by atoms with van der Waals surface area (Å²) in [5.41, 5.74) is 4.51. The molecule has 3 N–H and O–H groups in total. The van der Waals surface area contributed by atoms with Crippen LogP contribution in [0.4, 0.5) is 5.69 Å². The van der Waals surface area contributed by atoms with E-state index in [9.17, 15) is 9.90 Å². The number of carbonyl (C=O) groups is 1. The Morgan fingerprint density at radius 3 is 2.70 bits per heavy atom. The fourth-order valence-electron chi connectivity index (χ4n) is 7.40. The van der Waals surface area contributed by atoms with Gasteiger partial charge in [-0.05, 0) is 55.9 Å². The lowest BCUT2D eigenvalue weighted by Gasteiger charge is -2.46. The van der Waals surface area contributed by atoms with Crippen molar-refractivity contribution in [3.05, 3.63) is 89.5 Å². The molecule has 2 fully saturated rings. The van der Waals surface area contributed by atoms with Gasteiger partial charge in [-0.15, -0.1) is 0 Å². The highest BCUT2D eigenvalue weighted by molar-refractivity contribution is 5.94. The smallest absolute Gasteiger partial charge is 0.251 e. The Labute approximate surface area is 220 Å². The summed E-state index contributed by atoms with van der Waals surface area (Å²) in [6, 6.07) is 16.5. The average molecular weight is 498 g/mol. The summed E-state index contributed by atoms with van der Waals surface area (Å²) in [6.45, 7) is 3.07. The summed E-state index contributed by atoms with van der Waals surface area (Å²) in [6.07, 6.45) is 14.5. The largest absolute Gasteiger partial charge is 0.381 e. The first-order chi connectivity index (χ1) is 18.1. The van der Waals surface area contributed by atoms with Crippen LogP contribution in [-0.2, 0) is 0 Å². The summed E-state index contributed by atoms with van der Waals surface area (Å²) in [5.74, 6) is 0.879. The van der Waals surface area contributed by atoms with Crippen molar-refractivity contribution in [3.8, 4) is 0 Å². The lowest BCUT2D eigenvalue weighted by Crippen LogP contribution is -2.53. The maximum atomic E-state index is 13.0. The van der Waals surface area contributed by atoms with E-state index in [1.54, 1.807) is 0 Å². The van der Waals surface area contributed by atoms with Crippen LogP contribution < -0.4 is 10.6 Å². The van der Waals surface area contributed by atoms with Crippen molar-refractivity contribution in [2.24, 2.45) is 17.8 Å². The zero-order valence-corrected chi connectivity index (χ0v) is 21.7. The quantitative estimate of drug-likeness (QED) is 0.504. The maximum absolute atomic E-state index is 13.0. The number of likely N-dealkylation sites (tertiary alicyclic amines) is 1. The first-order valence-electron chi connectivity index (χ1n) is 14.1. The summed E-state index contributed by atoms with van der Waals surface area (Å²) < 4.78 is 0. The molecule has 1 saturated heterocycles. The summed E-state index contributed by atoms with van der Waals surface area (Å²) in [5, 5.41) is 19.2. The minimum absolute atomic E-state index is 0.0172. The van der Waals surface area contributed by atoms with Crippen molar-refractivity contribution < 1.29 is 9.90 Å².